The van der Waals surface area contributed by atoms with Crippen LogP contribution in [-0.2, 0) is 0 Å². The van der Waals surface area contributed by atoms with Crippen LogP contribution in [0.15, 0.2) is 12.2 Å². The summed E-state index contributed by atoms with van der Waals surface area (Å²) in [4.78, 5) is 0. The highest BCUT2D eigenvalue weighted by Crippen LogP contribution is 2.44. The Balaban J connectivity index is 1.70. The standard InChI is InChI=1S/C15H27NS/c1-4-17-8-7-11(2)16-12(3)15-10-13-5-6-14(15)9-13/h5-6,11-16H,4,7-10H2,1-3H3. The summed E-state index contributed by atoms with van der Waals surface area (Å²) in [6, 6.07) is 1.36. The molecule has 5 atom stereocenters. The summed E-state index contributed by atoms with van der Waals surface area (Å²) >= 11 is 2.06. The minimum Gasteiger partial charge on any atom is -0.311 e. The molecule has 0 aromatic heterocycles. The van der Waals surface area contributed by atoms with E-state index in [4.69, 9.17) is 0 Å². The zero-order valence-electron chi connectivity index (χ0n) is 11.5. The molecule has 2 aliphatic carbocycles. The zero-order valence-corrected chi connectivity index (χ0v) is 12.3. The Labute approximate surface area is 111 Å². The SMILES string of the molecule is CCSCCC(C)NC(C)C1CC2C=CC1C2. The van der Waals surface area contributed by atoms with Crippen molar-refractivity contribution in [2.45, 2.75) is 52.1 Å². The van der Waals surface area contributed by atoms with Gasteiger partial charge in [-0.1, -0.05) is 19.1 Å². The third-order valence-corrected chi connectivity index (χ3v) is 5.35. The lowest BCUT2D eigenvalue weighted by atomic mass is 9.87. The van der Waals surface area contributed by atoms with Crippen LogP contribution in [0.3, 0.4) is 0 Å². The third-order valence-electron chi connectivity index (χ3n) is 4.42. The molecule has 1 fully saturated rings. The van der Waals surface area contributed by atoms with E-state index in [0.29, 0.717) is 12.1 Å². The van der Waals surface area contributed by atoms with Crippen molar-refractivity contribution >= 4 is 11.8 Å². The molecule has 2 aliphatic rings. The summed E-state index contributed by atoms with van der Waals surface area (Å²) in [5.41, 5.74) is 0. The van der Waals surface area contributed by atoms with Crippen LogP contribution in [0.4, 0.5) is 0 Å². The Hall–Kier alpha value is 0.0500. The van der Waals surface area contributed by atoms with Gasteiger partial charge in [0.05, 0.1) is 0 Å². The van der Waals surface area contributed by atoms with E-state index in [1.807, 2.05) is 0 Å². The molecule has 0 radical (unpaired) electrons. The molecular weight excluding hydrogens is 226 g/mol. The predicted octanol–water partition coefficient (Wildman–Crippen LogP) is 3.71. The average Bonchev–Trinajstić information content (AvgIpc) is 2.91. The van der Waals surface area contributed by atoms with Crippen LogP contribution < -0.4 is 5.32 Å². The van der Waals surface area contributed by atoms with E-state index in [1.165, 1.54) is 30.8 Å². The molecule has 17 heavy (non-hydrogen) atoms. The molecule has 0 heterocycles. The van der Waals surface area contributed by atoms with Crippen molar-refractivity contribution in [2.75, 3.05) is 11.5 Å². The number of hydrogen-bond acceptors (Lipinski definition) is 2. The lowest BCUT2D eigenvalue weighted by Crippen LogP contribution is -2.41. The average molecular weight is 253 g/mol. The van der Waals surface area contributed by atoms with Gasteiger partial charge in [0.15, 0.2) is 0 Å². The Morgan fingerprint density at radius 2 is 2.12 bits per heavy atom. The van der Waals surface area contributed by atoms with Gasteiger partial charge in [0.25, 0.3) is 0 Å². The van der Waals surface area contributed by atoms with Gasteiger partial charge in [0.2, 0.25) is 0 Å². The van der Waals surface area contributed by atoms with Gasteiger partial charge in [-0.3, -0.25) is 0 Å². The molecule has 98 valence electrons. The second kappa shape index (κ2) is 6.29. The van der Waals surface area contributed by atoms with Crippen LogP contribution in [0.5, 0.6) is 0 Å². The molecule has 1 nitrogen and oxygen atoms in total. The number of rotatable bonds is 7. The van der Waals surface area contributed by atoms with E-state index < -0.39 is 0 Å². The lowest BCUT2D eigenvalue weighted by molar-refractivity contribution is 0.303. The quantitative estimate of drug-likeness (QED) is 0.548. The fraction of sp³-hybridized carbons (Fsp3) is 0.867. The van der Waals surface area contributed by atoms with Gasteiger partial charge < -0.3 is 5.32 Å². The maximum atomic E-state index is 3.82. The summed E-state index contributed by atoms with van der Waals surface area (Å²) in [5.74, 6) is 5.22. The van der Waals surface area contributed by atoms with Gasteiger partial charge in [0, 0.05) is 12.1 Å². The minimum absolute atomic E-state index is 0.673. The largest absolute Gasteiger partial charge is 0.311 e. The molecular formula is C15H27NS. The molecule has 5 unspecified atom stereocenters. The molecule has 0 aliphatic heterocycles. The molecule has 2 bridgehead atoms. The smallest absolute Gasteiger partial charge is 0.00753 e. The normalized spacial score (nSPS) is 34.2. The molecule has 2 rings (SSSR count). The Morgan fingerprint density at radius 3 is 2.71 bits per heavy atom. The number of nitrogens with one attached hydrogen (secondary N) is 1. The van der Waals surface area contributed by atoms with Crippen molar-refractivity contribution < 1.29 is 0 Å². The van der Waals surface area contributed by atoms with Crippen molar-refractivity contribution in [2.24, 2.45) is 17.8 Å². The fourth-order valence-corrected chi connectivity index (χ4v) is 4.27. The van der Waals surface area contributed by atoms with Crippen molar-refractivity contribution in [1.82, 2.24) is 5.32 Å². The molecule has 1 saturated carbocycles. The van der Waals surface area contributed by atoms with Crippen molar-refractivity contribution in [3.05, 3.63) is 12.2 Å². The van der Waals surface area contributed by atoms with Gasteiger partial charge in [-0.15, -0.1) is 0 Å². The van der Waals surface area contributed by atoms with E-state index in [2.05, 4.69) is 50.0 Å². The lowest BCUT2D eigenvalue weighted by Gasteiger charge is -2.29. The highest BCUT2D eigenvalue weighted by molar-refractivity contribution is 7.99. The first-order valence-electron chi connectivity index (χ1n) is 7.22. The second-order valence-corrected chi connectivity index (χ2v) is 7.18. The van der Waals surface area contributed by atoms with Crippen LogP contribution >= 0.6 is 11.8 Å². The zero-order chi connectivity index (χ0) is 12.3. The summed E-state index contributed by atoms with van der Waals surface area (Å²) in [7, 11) is 0. The Kier molecular flexibility index (Phi) is 4.98. The minimum atomic E-state index is 0.673. The van der Waals surface area contributed by atoms with Gasteiger partial charge in [-0.25, -0.2) is 0 Å². The van der Waals surface area contributed by atoms with E-state index in [9.17, 15) is 0 Å². The number of fused-ring (bicyclic) bond motifs is 2. The van der Waals surface area contributed by atoms with E-state index >= 15 is 0 Å². The molecule has 0 spiro atoms. The number of thioether (sulfide) groups is 1. The highest BCUT2D eigenvalue weighted by atomic mass is 32.2. The summed E-state index contributed by atoms with van der Waals surface area (Å²) in [5, 5.41) is 3.82. The van der Waals surface area contributed by atoms with Crippen LogP contribution in [-0.4, -0.2) is 23.6 Å². The van der Waals surface area contributed by atoms with Crippen molar-refractivity contribution in [3.8, 4) is 0 Å². The first-order valence-corrected chi connectivity index (χ1v) is 8.38. The highest BCUT2D eigenvalue weighted by Gasteiger charge is 2.38. The molecule has 0 saturated heterocycles. The fourth-order valence-electron chi connectivity index (χ4n) is 3.46. The summed E-state index contributed by atoms with van der Waals surface area (Å²) < 4.78 is 0. The van der Waals surface area contributed by atoms with Crippen LogP contribution in [0, 0.1) is 17.8 Å². The van der Waals surface area contributed by atoms with Crippen molar-refractivity contribution in [1.29, 1.82) is 0 Å². The van der Waals surface area contributed by atoms with Gasteiger partial charge in [-0.05, 0) is 62.4 Å². The van der Waals surface area contributed by atoms with E-state index in [-0.39, 0.29) is 0 Å². The van der Waals surface area contributed by atoms with Crippen molar-refractivity contribution in [3.63, 3.8) is 0 Å². The molecule has 1 N–H and O–H groups in total. The molecule has 0 aromatic carbocycles. The first-order chi connectivity index (χ1) is 8.20. The predicted molar refractivity (Wildman–Crippen MR) is 78.5 cm³/mol. The molecule has 2 heteroatoms. The maximum Gasteiger partial charge on any atom is 0.00753 e. The monoisotopic (exact) mass is 253 g/mol. The molecule has 0 amide bonds. The molecule has 0 aromatic rings. The first kappa shape index (κ1) is 13.5. The summed E-state index contributed by atoms with van der Waals surface area (Å²) in [6.45, 7) is 6.98. The maximum absolute atomic E-state index is 3.82. The summed E-state index contributed by atoms with van der Waals surface area (Å²) in [6.07, 6.45) is 9.06. The topological polar surface area (TPSA) is 12.0 Å². The van der Waals surface area contributed by atoms with Crippen LogP contribution in [0.1, 0.15) is 40.0 Å². The number of hydrogen-bond donors (Lipinski definition) is 1. The van der Waals surface area contributed by atoms with Gasteiger partial charge in [0.1, 0.15) is 0 Å². The second-order valence-electron chi connectivity index (χ2n) is 5.79. The number of allylic oxidation sites excluding steroid dienone is 2. The Bertz CT molecular complexity index is 264. The van der Waals surface area contributed by atoms with Crippen LogP contribution in [0.25, 0.3) is 0 Å². The van der Waals surface area contributed by atoms with Crippen LogP contribution in [0.2, 0.25) is 0 Å². The van der Waals surface area contributed by atoms with E-state index in [1.54, 1.807) is 0 Å². The van der Waals surface area contributed by atoms with Gasteiger partial charge in [-0.2, -0.15) is 11.8 Å². The third kappa shape index (κ3) is 3.51. The van der Waals surface area contributed by atoms with E-state index in [0.717, 1.165) is 17.8 Å². The van der Waals surface area contributed by atoms with Gasteiger partial charge >= 0.3 is 0 Å². The Morgan fingerprint density at radius 1 is 1.29 bits per heavy atom.